The summed E-state index contributed by atoms with van der Waals surface area (Å²) in [5.74, 6) is -0.862. The molecular weight excluding hydrogens is 322 g/mol. The fourth-order valence-corrected chi connectivity index (χ4v) is 2.57. The van der Waals surface area contributed by atoms with Crippen LogP contribution in [-0.4, -0.2) is 39.4 Å². The molecule has 0 heterocycles. The maximum atomic E-state index is 11.9. The average Bonchev–Trinajstić information content (AvgIpc) is 2.33. The predicted octanol–water partition coefficient (Wildman–Crippen LogP) is 2.36. The van der Waals surface area contributed by atoms with Gasteiger partial charge in [-0.1, -0.05) is 6.07 Å². The highest BCUT2D eigenvalue weighted by Gasteiger charge is 2.20. The molecular formula is C15H21NO6S. The van der Waals surface area contributed by atoms with Crippen LogP contribution in [0.4, 0.5) is 10.5 Å². The molecule has 0 fully saturated rings. The first-order valence-corrected chi connectivity index (χ1v) is 8.86. The van der Waals surface area contributed by atoms with E-state index in [0.717, 1.165) is 6.26 Å². The van der Waals surface area contributed by atoms with Gasteiger partial charge in [-0.3, -0.25) is 5.32 Å². The van der Waals surface area contributed by atoms with Crippen molar-refractivity contribution >= 4 is 27.6 Å². The van der Waals surface area contributed by atoms with Crippen molar-refractivity contribution in [1.82, 2.24) is 0 Å². The fraction of sp³-hybridized carbons (Fsp3) is 0.467. The van der Waals surface area contributed by atoms with E-state index in [4.69, 9.17) is 4.74 Å². The van der Waals surface area contributed by atoms with E-state index in [1.54, 1.807) is 20.8 Å². The minimum Gasteiger partial charge on any atom is -0.465 e. The molecule has 0 unspecified atom stereocenters. The molecule has 1 rings (SSSR count). The van der Waals surface area contributed by atoms with Gasteiger partial charge in [-0.25, -0.2) is 18.0 Å². The number of methoxy groups -OCH3 is 1. The largest absolute Gasteiger partial charge is 0.465 e. The third-order valence-corrected chi connectivity index (χ3v) is 3.41. The predicted molar refractivity (Wildman–Crippen MR) is 86.2 cm³/mol. The van der Waals surface area contributed by atoms with Crippen LogP contribution in [0.25, 0.3) is 0 Å². The Labute approximate surface area is 135 Å². The smallest absolute Gasteiger partial charge is 0.412 e. The summed E-state index contributed by atoms with van der Waals surface area (Å²) < 4.78 is 32.6. The molecule has 0 atom stereocenters. The van der Waals surface area contributed by atoms with E-state index in [2.05, 4.69) is 10.1 Å². The van der Waals surface area contributed by atoms with Crippen molar-refractivity contribution in [3.8, 4) is 0 Å². The van der Waals surface area contributed by atoms with Crippen molar-refractivity contribution in [2.45, 2.75) is 32.1 Å². The van der Waals surface area contributed by atoms with Gasteiger partial charge >= 0.3 is 12.1 Å². The Balaban J connectivity index is 3.15. The summed E-state index contributed by atoms with van der Waals surface area (Å²) in [5.41, 5.74) is -0.0334. The third-order valence-electron chi connectivity index (χ3n) is 2.55. The lowest BCUT2D eigenvalue weighted by molar-refractivity contribution is 0.0602. The minimum atomic E-state index is -3.25. The van der Waals surface area contributed by atoms with E-state index in [9.17, 15) is 18.0 Å². The standard InChI is InChI=1S/C15H21NO6S/c1-15(2,3)22-14(18)16-12-8-10(9-23(5,19)20)6-7-11(12)13(17)21-4/h6-8H,9H2,1-5H3,(H,16,18). The van der Waals surface area contributed by atoms with Gasteiger partial charge in [0, 0.05) is 6.26 Å². The van der Waals surface area contributed by atoms with E-state index < -0.39 is 27.5 Å². The second-order valence-corrected chi connectivity index (χ2v) is 8.21. The summed E-state index contributed by atoms with van der Waals surface area (Å²) in [4.78, 5) is 23.6. The molecule has 1 amide bonds. The van der Waals surface area contributed by atoms with Crippen molar-refractivity contribution < 1.29 is 27.5 Å². The topological polar surface area (TPSA) is 98.8 Å². The zero-order valence-electron chi connectivity index (χ0n) is 13.8. The summed E-state index contributed by atoms with van der Waals surface area (Å²) in [5, 5.41) is 2.45. The van der Waals surface area contributed by atoms with Gasteiger partial charge in [-0.2, -0.15) is 0 Å². The lowest BCUT2D eigenvalue weighted by Gasteiger charge is -2.20. The van der Waals surface area contributed by atoms with Crippen molar-refractivity contribution in [1.29, 1.82) is 0 Å². The molecule has 0 bridgehead atoms. The normalized spacial score (nSPS) is 11.7. The molecule has 7 nitrogen and oxygen atoms in total. The molecule has 0 aliphatic rings. The fourth-order valence-electron chi connectivity index (χ4n) is 1.79. The van der Waals surface area contributed by atoms with E-state index in [1.807, 2.05) is 0 Å². The van der Waals surface area contributed by atoms with E-state index in [1.165, 1.54) is 25.3 Å². The van der Waals surface area contributed by atoms with Crippen LogP contribution in [-0.2, 0) is 25.1 Å². The Bertz CT molecular complexity index is 703. The maximum Gasteiger partial charge on any atom is 0.412 e. The summed E-state index contributed by atoms with van der Waals surface area (Å²) >= 11 is 0. The molecule has 1 aromatic rings. The van der Waals surface area contributed by atoms with Gasteiger partial charge in [0.05, 0.1) is 24.1 Å². The third kappa shape index (κ3) is 6.68. The average molecular weight is 343 g/mol. The minimum absolute atomic E-state index is 0.107. The highest BCUT2D eigenvalue weighted by Crippen LogP contribution is 2.21. The first-order chi connectivity index (χ1) is 10.4. The number of hydrogen-bond acceptors (Lipinski definition) is 6. The molecule has 0 aromatic heterocycles. The van der Waals surface area contributed by atoms with Gasteiger partial charge in [0.25, 0.3) is 0 Å². The summed E-state index contributed by atoms with van der Waals surface area (Å²) in [6.45, 7) is 5.11. The molecule has 1 N–H and O–H groups in total. The number of carbonyl (C=O) groups excluding carboxylic acids is 2. The highest BCUT2D eigenvalue weighted by molar-refractivity contribution is 7.89. The highest BCUT2D eigenvalue weighted by atomic mass is 32.2. The van der Waals surface area contributed by atoms with Gasteiger partial charge in [0.2, 0.25) is 0 Å². The molecule has 8 heteroatoms. The quantitative estimate of drug-likeness (QED) is 0.843. The lowest BCUT2D eigenvalue weighted by atomic mass is 10.1. The summed E-state index contributed by atoms with van der Waals surface area (Å²) in [6.07, 6.45) is 0.349. The number of rotatable bonds is 4. The number of sulfone groups is 1. The molecule has 0 radical (unpaired) electrons. The Kier molecular flexibility index (Phi) is 5.76. The molecule has 0 saturated heterocycles. The van der Waals surface area contributed by atoms with E-state index in [0.29, 0.717) is 5.56 Å². The number of ether oxygens (including phenoxy) is 2. The molecule has 0 spiro atoms. The first-order valence-electron chi connectivity index (χ1n) is 6.80. The van der Waals surface area contributed by atoms with Crippen LogP contribution in [0.2, 0.25) is 0 Å². The Morgan fingerprint density at radius 1 is 1.22 bits per heavy atom. The number of carbonyl (C=O) groups is 2. The van der Waals surface area contributed by atoms with Crippen LogP contribution in [0, 0.1) is 0 Å². The van der Waals surface area contributed by atoms with Crippen molar-refractivity contribution in [2.24, 2.45) is 0 Å². The summed E-state index contributed by atoms with van der Waals surface area (Å²) in [7, 11) is -2.04. The maximum absolute atomic E-state index is 11.9. The zero-order chi connectivity index (χ0) is 17.8. The van der Waals surface area contributed by atoms with Crippen LogP contribution >= 0.6 is 0 Å². The second kappa shape index (κ2) is 6.99. The SMILES string of the molecule is COC(=O)c1ccc(CS(C)(=O)=O)cc1NC(=O)OC(C)(C)C. The van der Waals surface area contributed by atoms with Gasteiger partial charge in [0.1, 0.15) is 5.60 Å². The number of esters is 1. The molecule has 23 heavy (non-hydrogen) atoms. The number of amides is 1. The molecule has 128 valence electrons. The van der Waals surface area contributed by atoms with Gasteiger partial charge in [-0.05, 0) is 38.5 Å². The number of hydrogen-bond donors (Lipinski definition) is 1. The van der Waals surface area contributed by atoms with Gasteiger partial charge < -0.3 is 9.47 Å². The Hall–Kier alpha value is -2.09. The monoisotopic (exact) mass is 343 g/mol. The van der Waals surface area contributed by atoms with E-state index in [-0.39, 0.29) is 17.0 Å². The van der Waals surface area contributed by atoms with Gasteiger partial charge in [0.15, 0.2) is 9.84 Å². The number of benzene rings is 1. The second-order valence-electron chi connectivity index (χ2n) is 6.07. The van der Waals surface area contributed by atoms with Crippen molar-refractivity contribution in [3.05, 3.63) is 29.3 Å². The van der Waals surface area contributed by atoms with Crippen LogP contribution in [0.1, 0.15) is 36.7 Å². The molecule has 0 aliphatic carbocycles. The van der Waals surface area contributed by atoms with Crippen molar-refractivity contribution in [3.63, 3.8) is 0 Å². The van der Waals surface area contributed by atoms with Crippen molar-refractivity contribution in [2.75, 3.05) is 18.7 Å². The van der Waals surface area contributed by atoms with Crippen LogP contribution < -0.4 is 5.32 Å². The van der Waals surface area contributed by atoms with Crippen LogP contribution in [0.15, 0.2) is 18.2 Å². The van der Waals surface area contributed by atoms with E-state index >= 15 is 0 Å². The first kappa shape index (κ1) is 19.0. The molecule has 0 aliphatic heterocycles. The molecule has 1 aromatic carbocycles. The van der Waals surface area contributed by atoms with Crippen LogP contribution in [0.5, 0.6) is 0 Å². The van der Waals surface area contributed by atoms with Crippen LogP contribution in [0.3, 0.4) is 0 Å². The van der Waals surface area contributed by atoms with Gasteiger partial charge in [-0.15, -0.1) is 0 Å². The Morgan fingerprint density at radius 3 is 2.30 bits per heavy atom. The Morgan fingerprint density at radius 2 is 1.83 bits per heavy atom. The lowest BCUT2D eigenvalue weighted by Crippen LogP contribution is -2.28. The zero-order valence-corrected chi connectivity index (χ0v) is 14.6. The number of anilines is 1. The molecule has 0 saturated carbocycles. The number of nitrogens with one attached hydrogen (secondary N) is 1. The summed E-state index contributed by atoms with van der Waals surface area (Å²) in [6, 6.07) is 4.31.